The summed E-state index contributed by atoms with van der Waals surface area (Å²) in [5, 5.41) is 9.35. The molecular formula is C20H26N2O6S. The summed E-state index contributed by atoms with van der Waals surface area (Å²) in [7, 11) is -1.35. The quantitative estimate of drug-likeness (QED) is 0.726. The maximum Gasteiger partial charge on any atom is 0.335 e. The van der Waals surface area contributed by atoms with Crippen LogP contribution in [0.1, 0.15) is 52.8 Å². The van der Waals surface area contributed by atoms with Gasteiger partial charge in [0.25, 0.3) is 5.91 Å². The van der Waals surface area contributed by atoms with Gasteiger partial charge >= 0.3 is 16.2 Å². The summed E-state index contributed by atoms with van der Waals surface area (Å²) >= 11 is 0. The fourth-order valence-electron chi connectivity index (χ4n) is 5.42. The Morgan fingerprint density at radius 3 is 2.17 bits per heavy atom. The summed E-state index contributed by atoms with van der Waals surface area (Å²) in [6.07, 6.45) is 5.65. The van der Waals surface area contributed by atoms with Crippen molar-refractivity contribution >= 4 is 22.1 Å². The molecule has 0 aliphatic heterocycles. The number of benzene rings is 1. The van der Waals surface area contributed by atoms with Gasteiger partial charge in [0.1, 0.15) is 11.9 Å². The van der Waals surface area contributed by atoms with Crippen LogP contribution in [0, 0.1) is 23.7 Å². The molecule has 4 aliphatic carbocycles. The van der Waals surface area contributed by atoms with Crippen LogP contribution in [0.15, 0.2) is 18.2 Å². The molecule has 158 valence electrons. The Morgan fingerprint density at radius 2 is 1.66 bits per heavy atom. The van der Waals surface area contributed by atoms with Crippen LogP contribution in [-0.4, -0.2) is 49.9 Å². The van der Waals surface area contributed by atoms with Crippen molar-refractivity contribution in [3.8, 4) is 5.75 Å². The first-order chi connectivity index (χ1) is 13.6. The fourth-order valence-corrected chi connectivity index (χ4v) is 5.94. The maximum atomic E-state index is 12.7. The first-order valence-corrected chi connectivity index (χ1v) is 11.4. The first kappa shape index (κ1) is 20.2. The van der Waals surface area contributed by atoms with Gasteiger partial charge in [0.05, 0.1) is 11.1 Å². The zero-order valence-electron chi connectivity index (χ0n) is 16.5. The van der Waals surface area contributed by atoms with Crippen molar-refractivity contribution in [3.63, 3.8) is 0 Å². The Balaban J connectivity index is 1.63. The minimum Gasteiger partial charge on any atom is -0.489 e. The molecule has 0 unspecified atom stereocenters. The topological polar surface area (TPSA) is 113 Å². The molecule has 0 aromatic heterocycles. The van der Waals surface area contributed by atoms with Gasteiger partial charge in [-0.2, -0.15) is 12.7 Å². The number of nitrogens with zero attached hydrogens (tertiary/aromatic N) is 1. The lowest BCUT2D eigenvalue weighted by Gasteiger charge is -2.53. The van der Waals surface area contributed by atoms with Gasteiger partial charge in [-0.25, -0.2) is 9.52 Å². The third-order valence-electron chi connectivity index (χ3n) is 6.58. The molecule has 0 saturated heterocycles. The van der Waals surface area contributed by atoms with E-state index in [1.807, 2.05) is 4.72 Å². The number of hydrogen-bond donors (Lipinski definition) is 2. The van der Waals surface area contributed by atoms with E-state index in [1.54, 1.807) is 0 Å². The summed E-state index contributed by atoms with van der Waals surface area (Å²) in [5.41, 5.74) is 0.0186. The van der Waals surface area contributed by atoms with Gasteiger partial charge in [-0.15, -0.1) is 0 Å². The molecule has 0 heterocycles. The van der Waals surface area contributed by atoms with Crippen molar-refractivity contribution in [1.29, 1.82) is 0 Å². The average Bonchev–Trinajstić information content (AvgIpc) is 2.63. The average molecular weight is 423 g/mol. The van der Waals surface area contributed by atoms with Crippen molar-refractivity contribution in [2.24, 2.45) is 23.7 Å². The number of carbonyl (C=O) groups is 2. The Morgan fingerprint density at radius 1 is 1.07 bits per heavy atom. The second-order valence-electron chi connectivity index (χ2n) is 8.75. The number of hydrogen-bond acceptors (Lipinski definition) is 5. The summed E-state index contributed by atoms with van der Waals surface area (Å²) < 4.78 is 33.3. The summed E-state index contributed by atoms with van der Waals surface area (Å²) in [6, 6.07) is 3.92. The van der Waals surface area contributed by atoms with Gasteiger partial charge < -0.3 is 9.84 Å². The van der Waals surface area contributed by atoms with Crippen LogP contribution in [0.2, 0.25) is 0 Å². The summed E-state index contributed by atoms with van der Waals surface area (Å²) in [6.45, 7) is 0. The number of carbonyl (C=O) groups excluding carboxylic acids is 1. The molecule has 29 heavy (non-hydrogen) atoms. The van der Waals surface area contributed by atoms with E-state index in [1.165, 1.54) is 38.7 Å². The molecule has 0 atom stereocenters. The van der Waals surface area contributed by atoms with Crippen molar-refractivity contribution < 1.29 is 27.9 Å². The molecule has 4 saturated carbocycles. The Bertz CT molecular complexity index is 914. The molecule has 9 heteroatoms. The lowest BCUT2D eigenvalue weighted by molar-refractivity contribution is -0.0791. The van der Waals surface area contributed by atoms with Gasteiger partial charge in [0, 0.05) is 14.1 Å². The molecule has 4 bridgehead atoms. The molecule has 2 N–H and O–H groups in total. The molecule has 0 radical (unpaired) electrons. The molecule has 0 spiro atoms. The van der Waals surface area contributed by atoms with E-state index in [9.17, 15) is 23.1 Å². The minimum absolute atomic E-state index is 0.00386. The van der Waals surface area contributed by atoms with Crippen LogP contribution in [0.4, 0.5) is 0 Å². The number of ether oxygens (including phenoxy) is 1. The SMILES string of the molecule is CN(C)S(=O)(=O)NC(=O)c1ccc(C(=O)O)cc1OC1C2CC3CC(C2)CC1C3. The maximum absolute atomic E-state index is 12.7. The number of amides is 1. The second kappa shape index (κ2) is 7.28. The standard InChI is InChI=1S/C20H26N2O6S/c1-22(2)29(26,27)21-19(23)16-4-3-13(20(24)25)10-17(16)28-18-14-6-11-5-12(8-14)9-15(18)7-11/h3-4,10-12,14-15,18H,5-9H2,1-2H3,(H,21,23)(H,24,25). The largest absolute Gasteiger partial charge is 0.489 e. The predicted octanol–water partition coefficient (Wildman–Crippen LogP) is 2.12. The third kappa shape index (κ3) is 3.85. The van der Waals surface area contributed by atoms with E-state index in [0.29, 0.717) is 11.8 Å². The van der Waals surface area contributed by atoms with E-state index >= 15 is 0 Å². The molecule has 5 rings (SSSR count). The van der Waals surface area contributed by atoms with E-state index in [2.05, 4.69) is 0 Å². The van der Waals surface area contributed by atoms with Gasteiger partial charge in [0.2, 0.25) is 0 Å². The highest BCUT2D eigenvalue weighted by atomic mass is 32.2. The van der Waals surface area contributed by atoms with E-state index < -0.39 is 22.1 Å². The van der Waals surface area contributed by atoms with Crippen LogP contribution in [0.3, 0.4) is 0 Å². The number of aromatic carboxylic acids is 1. The van der Waals surface area contributed by atoms with Gasteiger partial charge in [0.15, 0.2) is 0 Å². The monoisotopic (exact) mass is 422 g/mol. The number of carboxylic acids is 1. The smallest absolute Gasteiger partial charge is 0.335 e. The number of nitrogens with one attached hydrogen (secondary N) is 1. The number of carboxylic acid groups (broad SMARTS) is 1. The van der Waals surface area contributed by atoms with Gasteiger partial charge in [-0.05, 0) is 74.0 Å². The highest BCUT2D eigenvalue weighted by Gasteiger charge is 2.49. The van der Waals surface area contributed by atoms with Crippen molar-refractivity contribution in [2.45, 2.75) is 38.2 Å². The van der Waals surface area contributed by atoms with Crippen LogP contribution in [-0.2, 0) is 10.2 Å². The van der Waals surface area contributed by atoms with Crippen LogP contribution in [0.5, 0.6) is 5.75 Å². The van der Waals surface area contributed by atoms with Gasteiger partial charge in [-0.1, -0.05) is 0 Å². The fraction of sp³-hybridized carbons (Fsp3) is 0.600. The van der Waals surface area contributed by atoms with Crippen molar-refractivity contribution in [3.05, 3.63) is 29.3 Å². The molecule has 4 fully saturated rings. The van der Waals surface area contributed by atoms with Crippen LogP contribution >= 0.6 is 0 Å². The highest BCUT2D eigenvalue weighted by molar-refractivity contribution is 7.87. The highest BCUT2D eigenvalue weighted by Crippen LogP contribution is 2.54. The van der Waals surface area contributed by atoms with Crippen LogP contribution in [0.25, 0.3) is 0 Å². The molecule has 4 aliphatic rings. The Labute approximate surface area is 170 Å². The minimum atomic E-state index is -3.98. The number of rotatable bonds is 6. The van der Waals surface area contributed by atoms with Crippen molar-refractivity contribution in [1.82, 2.24) is 9.03 Å². The summed E-state index contributed by atoms with van der Waals surface area (Å²) in [5.74, 6) is 0.463. The van der Waals surface area contributed by atoms with E-state index in [-0.39, 0.29) is 23.0 Å². The van der Waals surface area contributed by atoms with Crippen molar-refractivity contribution in [2.75, 3.05) is 14.1 Å². The molecular weight excluding hydrogens is 396 g/mol. The third-order valence-corrected chi connectivity index (χ3v) is 7.98. The molecule has 1 aromatic rings. The lowest BCUT2D eigenvalue weighted by Crippen LogP contribution is -2.50. The van der Waals surface area contributed by atoms with Gasteiger partial charge in [-0.3, -0.25) is 4.79 Å². The Hall–Kier alpha value is -2.13. The predicted molar refractivity (Wildman–Crippen MR) is 105 cm³/mol. The summed E-state index contributed by atoms with van der Waals surface area (Å²) in [4.78, 5) is 24.1. The molecule has 1 aromatic carbocycles. The van der Waals surface area contributed by atoms with E-state index in [0.717, 1.165) is 41.8 Å². The lowest BCUT2D eigenvalue weighted by atomic mass is 9.55. The second-order valence-corrected chi connectivity index (χ2v) is 10.6. The zero-order chi connectivity index (χ0) is 20.9. The zero-order valence-corrected chi connectivity index (χ0v) is 17.3. The Kier molecular flexibility index (Phi) is 5.06. The molecule has 1 amide bonds. The van der Waals surface area contributed by atoms with Crippen LogP contribution < -0.4 is 9.46 Å². The first-order valence-electron chi connectivity index (χ1n) is 9.92. The normalized spacial score (nSPS) is 30.4. The molecule has 8 nitrogen and oxygen atoms in total. The van der Waals surface area contributed by atoms with E-state index in [4.69, 9.17) is 4.74 Å².